The van der Waals surface area contributed by atoms with E-state index in [2.05, 4.69) is 5.10 Å². The number of fused-ring (bicyclic) bond motifs is 1. The number of halogens is 6. The van der Waals surface area contributed by atoms with Gasteiger partial charge in [-0.2, -0.15) is 27.1 Å². The van der Waals surface area contributed by atoms with Gasteiger partial charge >= 0.3 is 12.1 Å². The molecule has 0 N–H and O–H groups in total. The fourth-order valence-electron chi connectivity index (χ4n) is 2.63. The maximum Gasteiger partial charge on any atom is 0.435 e. The van der Waals surface area contributed by atoms with Crippen molar-refractivity contribution in [2.24, 2.45) is 0 Å². The van der Waals surface area contributed by atoms with Crippen molar-refractivity contribution < 1.29 is 35.9 Å². The fraction of sp³-hybridized carbons (Fsp3) is 0.333. The quantitative estimate of drug-likeness (QED) is 0.779. The number of rotatable bonds is 3. The minimum atomic E-state index is -5.16. The number of hydrogen-bond donors (Lipinski definition) is 0. The molecule has 0 fully saturated rings. The van der Waals surface area contributed by atoms with Crippen LogP contribution in [0.2, 0.25) is 0 Å². The lowest BCUT2D eigenvalue weighted by Gasteiger charge is -2.13. The van der Waals surface area contributed by atoms with E-state index in [1.54, 1.807) is 0 Å². The van der Waals surface area contributed by atoms with E-state index in [9.17, 15) is 31.1 Å². The molecular weight excluding hydrogens is 354 g/mol. The first-order chi connectivity index (χ1) is 11.6. The third-order valence-electron chi connectivity index (χ3n) is 3.84. The maximum absolute atomic E-state index is 14.0. The number of ketones is 1. The summed E-state index contributed by atoms with van der Waals surface area (Å²) >= 11 is 0. The number of nitrogens with zero attached hydrogens (tertiary/aromatic N) is 2. The summed E-state index contributed by atoms with van der Waals surface area (Å²) in [4.78, 5) is 11.6. The molecule has 0 radical (unpaired) electrons. The van der Waals surface area contributed by atoms with E-state index in [1.807, 2.05) is 0 Å². The second-order valence-corrected chi connectivity index (χ2v) is 5.43. The van der Waals surface area contributed by atoms with Crippen LogP contribution in [0.3, 0.4) is 0 Å². The highest BCUT2D eigenvalue weighted by molar-refractivity contribution is 6.07. The Hall–Kier alpha value is -2.52. The molecule has 3 rings (SSSR count). The first-order valence-electron chi connectivity index (χ1n) is 6.95. The fourth-order valence-corrected chi connectivity index (χ4v) is 2.63. The Labute approximate surface area is 137 Å². The summed E-state index contributed by atoms with van der Waals surface area (Å²) in [6, 6.07) is 5.91. The first kappa shape index (κ1) is 17.3. The molecule has 2 aromatic rings. The van der Waals surface area contributed by atoms with Crippen LogP contribution in [0.5, 0.6) is 5.75 Å². The van der Waals surface area contributed by atoms with Crippen molar-refractivity contribution in [1.29, 1.82) is 0 Å². The van der Waals surface area contributed by atoms with Crippen molar-refractivity contribution in [3.63, 3.8) is 0 Å². The van der Waals surface area contributed by atoms with Crippen LogP contribution < -0.4 is 4.74 Å². The second kappa shape index (κ2) is 5.50. The summed E-state index contributed by atoms with van der Waals surface area (Å²) in [5.74, 6) is -6.28. The summed E-state index contributed by atoms with van der Waals surface area (Å²) in [7, 11) is 1.41. The van der Waals surface area contributed by atoms with Gasteiger partial charge < -0.3 is 4.74 Å². The van der Waals surface area contributed by atoms with Crippen LogP contribution in [-0.2, 0) is 12.7 Å². The van der Waals surface area contributed by atoms with Gasteiger partial charge in [0.05, 0.1) is 24.9 Å². The highest BCUT2D eigenvalue weighted by atomic mass is 19.4. The third kappa shape index (κ3) is 2.65. The smallest absolute Gasteiger partial charge is 0.435 e. The van der Waals surface area contributed by atoms with Crippen LogP contribution in [0, 0.1) is 0 Å². The molecule has 25 heavy (non-hydrogen) atoms. The molecule has 1 atom stereocenters. The summed E-state index contributed by atoms with van der Waals surface area (Å²) in [5.41, 5.74) is -3.90. The Morgan fingerprint density at radius 2 is 1.84 bits per heavy atom. The normalized spacial score (nSPS) is 19.2. The highest BCUT2D eigenvalue weighted by Gasteiger charge is 2.62. The zero-order valence-electron chi connectivity index (χ0n) is 12.6. The number of alkyl halides is 6. The molecule has 0 bridgehead atoms. The first-order valence-corrected chi connectivity index (χ1v) is 6.95. The Morgan fingerprint density at radius 1 is 1.24 bits per heavy atom. The zero-order valence-corrected chi connectivity index (χ0v) is 12.6. The van der Waals surface area contributed by atoms with Gasteiger partial charge in [0, 0.05) is 0 Å². The van der Waals surface area contributed by atoms with E-state index in [1.165, 1.54) is 31.4 Å². The number of Topliss-reactive ketones (excluding diaryl/α,β-unsaturated/α-hetero) is 1. The van der Waals surface area contributed by atoms with E-state index in [4.69, 9.17) is 4.74 Å². The van der Waals surface area contributed by atoms with Crippen molar-refractivity contribution in [2.75, 3.05) is 7.11 Å². The zero-order chi connectivity index (χ0) is 18.6. The average molecular weight is 364 g/mol. The number of carbonyl (C=O) groups excluding carboxylic acids is 1. The molecule has 10 heteroatoms. The van der Waals surface area contributed by atoms with Crippen LogP contribution in [-0.4, -0.2) is 28.6 Å². The molecule has 1 aliphatic carbocycles. The predicted octanol–water partition coefficient (Wildman–Crippen LogP) is 3.80. The van der Waals surface area contributed by atoms with Crippen LogP contribution in [0.1, 0.15) is 33.5 Å². The molecule has 1 aliphatic rings. The predicted molar refractivity (Wildman–Crippen MR) is 72.5 cm³/mol. The molecule has 0 spiro atoms. The number of methoxy groups -OCH3 is 1. The van der Waals surface area contributed by atoms with E-state index in [-0.39, 0.29) is 0 Å². The topological polar surface area (TPSA) is 44.1 Å². The summed E-state index contributed by atoms with van der Waals surface area (Å²) in [6.45, 7) is -0.411. The Balaban J connectivity index is 2.09. The van der Waals surface area contributed by atoms with E-state index in [0.29, 0.717) is 16.0 Å². The Morgan fingerprint density at radius 3 is 2.36 bits per heavy atom. The molecule has 4 nitrogen and oxygen atoms in total. The number of benzene rings is 1. The lowest BCUT2D eigenvalue weighted by molar-refractivity contribution is -0.142. The van der Waals surface area contributed by atoms with E-state index in [0.717, 1.165) is 0 Å². The van der Waals surface area contributed by atoms with E-state index < -0.39 is 47.5 Å². The SMILES string of the molecule is COc1ccc(Cn2nc(C(F)(F)F)c3c2[C@@H](F)C(F)(F)C3=O)cc1. The number of hydrogen-bond acceptors (Lipinski definition) is 3. The molecule has 0 amide bonds. The van der Waals surface area contributed by atoms with Gasteiger partial charge in [0.2, 0.25) is 12.0 Å². The van der Waals surface area contributed by atoms with Crippen molar-refractivity contribution in [1.82, 2.24) is 9.78 Å². The van der Waals surface area contributed by atoms with Crippen molar-refractivity contribution >= 4 is 5.78 Å². The third-order valence-corrected chi connectivity index (χ3v) is 3.84. The minimum absolute atomic E-state index is 0.370. The standard InChI is InChI=1S/C15H10F6N2O2/c1-25-8-4-2-7(3-5-8)6-23-10-9(12(22-23)15(19,20)21)13(24)14(17,18)11(10)16/h2-5,11H,6H2,1H3/t11-/m1/s1. The van der Waals surface area contributed by atoms with Gasteiger partial charge in [-0.05, 0) is 17.7 Å². The maximum atomic E-state index is 14.0. The second-order valence-electron chi connectivity index (χ2n) is 5.43. The Kier molecular flexibility index (Phi) is 3.81. The van der Waals surface area contributed by atoms with Gasteiger partial charge in [-0.3, -0.25) is 9.48 Å². The van der Waals surface area contributed by atoms with Crippen molar-refractivity contribution in [3.8, 4) is 5.75 Å². The lowest BCUT2D eigenvalue weighted by atomic mass is 10.1. The van der Waals surface area contributed by atoms with Gasteiger partial charge in [0.15, 0.2) is 5.69 Å². The van der Waals surface area contributed by atoms with Crippen LogP contribution in [0.15, 0.2) is 24.3 Å². The number of carbonyl (C=O) groups is 1. The van der Waals surface area contributed by atoms with Gasteiger partial charge in [-0.25, -0.2) is 4.39 Å². The molecule has 1 aromatic heterocycles. The summed E-state index contributed by atoms with van der Waals surface area (Å²) in [6.07, 6.45) is -8.35. The van der Waals surface area contributed by atoms with Gasteiger partial charge in [-0.1, -0.05) is 12.1 Å². The molecule has 134 valence electrons. The van der Waals surface area contributed by atoms with E-state index >= 15 is 0 Å². The lowest BCUT2D eigenvalue weighted by Crippen LogP contribution is -2.29. The van der Waals surface area contributed by atoms with Crippen LogP contribution >= 0.6 is 0 Å². The van der Waals surface area contributed by atoms with Gasteiger partial charge in [0.1, 0.15) is 5.75 Å². The van der Waals surface area contributed by atoms with Crippen molar-refractivity contribution in [3.05, 3.63) is 46.8 Å². The average Bonchev–Trinajstić information content (AvgIpc) is 2.99. The molecular formula is C15H10F6N2O2. The summed E-state index contributed by atoms with van der Waals surface area (Å²) < 4.78 is 85.7. The molecule has 0 unspecified atom stereocenters. The monoisotopic (exact) mass is 364 g/mol. The Bertz CT molecular complexity index is 826. The number of aromatic nitrogens is 2. The number of ether oxygens (including phenoxy) is 1. The minimum Gasteiger partial charge on any atom is -0.497 e. The van der Waals surface area contributed by atoms with Crippen LogP contribution in [0.25, 0.3) is 0 Å². The molecule has 1 aromatic carbocycles. The molecule has 1 heterocycles. The molecule has 0 saturated carbocycles. The highest BCUT2D eigenvalue weighted by Crippen LogP contribution is 2.49. The van der Waals surface area contributed by atoms with Gasteiger partial charge in [0.25, 0.3) is 0 Å². The molecule has 0 aliphatic heterocycles. The molecule has 0 saturated heterocycles. The van der Waals surface area contributed by atoms with Crippen molar-refractivity contribution in [2.45, 2.75) is 24.8 Å². The van der Waals surface area contributed by atoms with Gasteiger partial charge in [-0.15, -0.1) is 0 Å². The summed E-state index contributed by atoms with van der Waals surface area (Å²) in [5, 5.41) is 3.17. The van der Waals surface area contributed by atoms with Crippen LogP contribution in [0.4, 0.5) is 26.3 Å². The largest absolute Gasteiger partial charge is 0.497 e.